The Hall–Kier alpha value is -1.72. The molecule has 0 saturated heterocycles. The Morgan fingerprint density at radius 1 is 0.694 bits per heavy atom. The van der Waals surface area contributed by atoms with Crippen molar-refractivity contribution in [2.45, 2.75) is 52.0 Å². The van der Waals surface area contributed by atoms with E-state index in [1.165, 1.54) is 36.8 Å². The van der Waals surface area contributed by atoms with Crippen molar-refractivity contribution in [3.05, 3.63) is 119 Å². The minimum absolute atomic E-state index is 0. The van der Waals surface area contributed by atoms with Crippen molar-refractivity contribution in [3.63, 3.8) is 0 Å². The Bertz CT molecular complexity index is 804. The van der Waals surface area contributed by atoms with E-state index in [1.807, 2.05) is 84.9 Å². The standard InChI is InChI=1S/C20H30N2O2.2C5H5.2Fe/c23-15-19-9-5-7-17(19)13-21-11-3-1-2-4-12-22-14-18-8-6-10-20(18)16-24;2*1-2-4-5-3-1;;/h5-10,21-24H,1-4,11-16H2;2*1-5H;;/q-6;2*-1;;. The summed E-state index contributed by atoms with van der Waals surface area (Å²) in [5, 5.41) is 25.3. The zero-order chi connectivity index (χ0) is 24.1. The summed E-state index contributed by atoms with van der Waals surface area (Å²) >= 11 is 0. The van der Waals surface area contributed by atoms with Crippen LogP contribution in [0.4, 0.5) is 0 Å². The Morgan fingerprint density at radius 2 is 1.25 bits per heavy atom. The molecular weight excluding hydrogens is 532 g/mol. The van der Waals surface area contributed by atoms with Crippen molar-refractivity contribution in [3.8, 4) is 0 Å². The van der Waals surface area contributed by atoms with Gasteiger partial charge in [0.25, 0.3) is 0 Å². The normalized spacial score (nSPS) is 9.72. The van der Waals surface area contributed by atoms with Crippen LogP contribution in [0.25, 0.3) is 0 Å². The molecule has 4 N–H and O–H groups in total. The molecule has 0 aromatic heterocycles. The van der Waals surface area contributed by atoms with Crippen molar-refractivity contribution < 1.29 is 44.4 Å². The van der Waals surface area contributed by atoms with Crippen LogP contribution in [0, 0.1) is 0 Å². The molecule has 6 heteroatoms. The molecule has 0 aliphatic rings. The number of aliphatic hydroxyl groups is 2. The van der Waals surface area contributed by atoms with E-state index in [-0.39, 0.29) is 47.4 Å². The molecule has 0 aliphatic carbocycles. The zero-order valence-electron chi connectivity index (χ0n) is 20.9. The maximum Gasteiger partial charge on any atom is 0.0455 e. The van der Waals surface area contributed by atoms with Crippen molar-refractivity contribution in [1.82, 2.24) is 10.6 Å². The van der Waals surface area contributed by atoms with Crippen LogP contribution in [-0.4, -0.2) is 23.3 Å². The van der Waals surface area contributed by atoms with Crippen LogP contribution in [-0.2, 0) is 60.4 Å². The maximum absolute atomic E-state index is 9.19. The number of aliphatic hydroxyl groups excluding tert-OH is 2. The summed E-state index contributed by atoms with van der Waals surface area (Å²) in [5.74, 6) is 0. The summed E-state index contributed by atoms with van der Waals surface area (Å²) in [6.07, 6.45) is 4.85. The summed E-state index contributed by atoms with van der Waals surface area (Å²) in [6.45, 7) is 3.99. The van der Waals surface area contributed by atoms with Crippen LogP contribution in [0.15, 0.2) is 97.1 Å². The van der Waals surface area contributed by atoms with Gasteiger partial charge in [0, 0.05) is 40.7 Å². The molecule has 0 spiro atoms. The zero-order valence-corrected chi connectivity index (χ0v) is 23.1. The van der Waals surface area contributed by atoms with Gasteiger partial charge in [0.05, 0.1) is 0 Å². The molecule has 0 fully saturated rings. The van der Waals surface area contributed by atoms with Gasteiger partial charge in [-0.1, -0.05) is 12.8 Å². The van der Waals surface area contributed by atoms with Gasteiger partial charge in [0.2, 0.25) is 0 Å². The third-order valence-corrected chi connectivity index (χ3v) is 5.55. The van der Waals surface area contributed by atoms with Gasteiger partial charge in [-0.25, -0.2) is 36.4 Å². The van der Waals surface area contributed by atoms with E-state index >= 15 is 0 Å². The number of nitrogens with one attached hydrogen (secondary N) is 2. The van der Waals surface area contributed by atoms with Crippen molar-refractivity contribution in [2.75, 3.05) is 13.1 Å². The molecule has 36 heavy (non-hydrogen) atoms. The number of hydrogen-bond donors (Lipinski definition) is 4. The molecule has 0 heterocycles. The van der Waals surface area contributed by atoms with Gasteiger partial charge in [-0.15, -0.1) is 17.7 Å². The number of rotatable bonds is 13. The maximum atomic E-state index is 9.19. The van der Waals surface area contributed by atoms with E-state index in [0.717, 1.165) is 37.3 Å². The molecule has 4 rings (SSSR count). The molecule has 0 amide bonds. The molecule has 0 unspecified atom stereocenters. The summed E-state index contributed by atoms with van der Waals surface area (Å²) in [5.41, 5.74) is 4.47. The van der Waals surface area contributed by atoms with E-state index in [2.05, 4.69) is 22.8 Å². The van der Waals surface area contributed by atoms with Gasteiger partial charge < -0.3 is 50.2 Å². The molecule has 206 valence electrons. The first kappa shape index (κ1) is 34.3. The van der Waals surface area contributed by atoms with Crippen LogP contribution in [0.2, 0.25) is 0 Å². The minimum Gasteiger partial charge on any atom is -0.747 e. The fraction of sp³-hybridized carbons (Fsp3) is 0.333. The Kier molecular flexibility index (Phi) is 22.5. The minimum atomic E-state index is 0. The molecule has 0 radical (unpaired) electrons. The van der Waals surface area contributed by atoms with Crippen LogP contribution in [0.3, 0.4) is 0 Å². The number of hydrogen-bond acceptors (Lipinski definition) is 4. The monoisotopic (exact) mass is 572 g/mol. The first-order valence-corrected chi connectivity index (χ1v) is 12.3. The fourth-order valence-electron chi connectivity index (χ4n) is 3.58. The molecule has 0 aliphatic heterocycles. The van der Waals surface area contributed by atoms with Crippen LogP contribution in [0.1, 0.15) is 47.9 Å². The largest absolute Gasteiger partial charge is 0.747 e. The van der Waals surface area contributed by atoms with E-state index in [0.29, 0.717) is 0 Å². The third-order valence-electron chi connectivity index (χ3n) is 5.55. The quantitative estimate of drug-likeness (QED) is 0.0991. The molecule has 4 nitrogen and oxygen atoms in total. The fourth-order valence-corrected chi connectivity index (χ4v) is 3.58. The molecule has 4 aromatic carbocycles. The third kappa shape index (κ3) is 15.4. The van der Waals surface area contributed by atoms with Gasteiger partial charge in [-0.05, 0) is 32.5 Å². The topological polar surface area (TPSA) is 64.5 Å². The van der Waals surface area contributed by atoms with Gasteiger partial charge in [-0.3, -0.25) is 0 Å². The van der Waals surface area contributed by atoms with Crippen molar-refractivity contribution in [2.24, 2.45) is 0 Å². The van der Waals surface area contributed by atoms with Crippen molar-refractivity contribution in [1.29, 1.82) is 0 Å². The van der Waals surface area contributed by atoms with Crippen molar-refractivity contribution >= 4 is 0 Å². The van der Waals surface area contributed by atoms with Crippen LogP contribution < -0.4 is 10.6 Å². The van der Waals surface area contributed by atoms with E-state index in [1.54, 1.807) is 0 Å². The Labute approximate surface area is 238 Å². The van der Waals surface area contributed by atoms with E-state index in [4.69, 9.17) is 0 Å². The smallest absolute Gasteiger partial charge is 0.0455 e. The summed E-state index contributed by atoms with van der Waals surface area (Å²) in [7, 11) is 0. The predicted octanol–water partition coefficient (Wildman–Crippen LogP) is 5.35. The van der Waals surface area contributed by atoms with Gasteiger partial charge in [0.15, 0.2) is 0 Å². The van der Waals surface area contributed by atoms with E-state index < -0.39 is 0 Å². The van der Waals surface area contributed by atoms with Crippen LogP contribution >= 0.6 is 0 Å². The first-order valence-electron chi connectivity index (χ1n) is 12.3. The van der Waals surface area contributed by atoms with Crippen LogP contribution in [0.5, 0.6) is 0 Å². The van der Waals surface area contributed by atoms with Gasteiger partial charge >= 0.3 is 0 Å². The number of unbranched alkanes of at least 4 members (excludes halogenated alkanes) is 3. The molecule has 0 bridgehead atoms. The average Bonchev–Trinajstić information content (AvgIpc) is 3.68. The van der Waals surface area contributed by atoms with Gasteiger partial charge in [0.1, 0.15) is 0 Å². The summed E-state index contributed by atoms with van der Waals surface area (Å²) in [6, 6.07) is 32.1. The average molecular weight is 572 g/mol. The van der Waals surface area contributed by atoms with Gasteiger partial charge in [-0.2, -0.15) is 49.0 Å². The summed E-state index contributed by atoms with van der Waals surface area (Å²) in [4.78, 5) is 0. The molecular formula is C30H40Fe2N2O2-8. The first-order chi connectivity index (χ1) is 16.8. The second-order valence-electron chi connectivity index (χ2n) is 8.16. The Morgan fingerprint density at radius 3 is 1.75 bits per heavy atom. The molecule has 4 aromatic rings. The Balaban J connectivity index is 0.000000842. The van der Waals surface area contributed by atoms with E-state index in [9.17, 15) is 10.2 Å². The second-order valence-corrected chi connectivity index (χ2v) is 8.16. The SMILES string of the molecule is OCc1ccc[c-]1CNCCCCCCNC[c-]1[cH-][cH-][cH-][c-]1CO.[Fe].[Fe].c1cc[cH-]c1.c1cc[cH-]c1. The predicted molar refractivity (Wildman–Crippen MR) is 142 cm³/mol. The summed E-state index contributed by atoms with van der Waals surface area (Å²) < 4.78 is 0. The second kappa shape index (κ2) is 23.7. The molecule has 0 saturated carbocycles. The molecule has 0 atom stereocenters.